The van der Waals surface area contributed by atoms with Crippen LogP contribution in [0.15, 0.2) is 40.3 Å². The summed E-state index contributed by atoms with van der Waals surface area (Å²) in [5.41, 5.74) is 0.974. The molecule has 1 N–H and O–H groups in total. The zero-order valence-electron chi connectivity index (χ0n) is 13.8. The molecule has 2 aromatic rings. The third-order valence-electron chi connectivity index (χ3n) is 3.72. The first-order valence-corrected chi connectivity index (χ1v) is 9.20. The molecule has 0 unspecified atom stereocenters. The largest absolute Gasteiger partial charge is 0.493 e. The van der Waals surface area contributed by atoms with Crippen molar-refractivity contribution < 1.29 is 5.11 Å². The van der Waals surface area contributed by atoms with E-state index >= 15 is 0 Å². The Kier molecular flexibility index (Phi) is 6.71. The first-order chi connectivity index (χ1) is 11.2. The summed E-state index contributed by atoms with van der Waals surface area (Å²) in [6.45, 7) is 4.04. The van der Waals surface area contributed by atoms with E-state index in [-0.39, 0.29) is 11.4 Å². The Balaban J connectivity index is 2.34. The quantitative estimate of drug-likeness (QED) is 0.448. The highest BCUT2D eigenvalue weighted by Crippen LogP contribution is 2.23. The third-order valence-corrected chi connectivity index (χ3v) is 4.75. The van der Waals surface area contributed by atoms with E-state index < -0.39 is 0 Å². The minimum absolute atomic E-state index is 0.138. The molecule has 1 aromatic heterocycles. The molecular weight excluding hydrogens is 308 g/mol. The minimum atomic E-state index is -0.178. The predicted octanol–water partition coefficient (Wildman–Crippen LogP) is 4.17. The van der Waals surface area contributed by atoms with Crippen molar-refractivity contribution in [2.75, 3.05) is 5.75 Å². The van der Waals surface area contributed by atoms with Crippen molar-refractivity contribution in [2.24, 2.45) is 0 Å². The van der Waals surface area contributed by atoms with Crippen LogP contribution < -0.4 is 5.56 Å². The van der Waals surface area contributed by atoms with Crippen molar-refractivity contribution >= 4 is 11.8 Å². The van der Waals surface area contributed by atoms with Crippen LogP contribution in [0.4, 0.5) is 0 Å². The second-order valence-corrected chi connectivity index (χ2v) is 6.50. The number of hydrogen-bond acceptors (Lipinski definition) is 4. The van der Waals surface area contributed by atoms with Gasteiger partial charge < -0.3 is 5.11 Å². The van der Waals surface area contributed by atoms with Gasteiger partial charge in [-0.15, -0.1) is 0 Å². The van der Waals surface area contributed by atoms with Crippen LogP contribution in [0.2, 0.25) is 0 Å². The fraction of sp³-hybridized carbons (Fsp3) is 0.444. The van der Waals surface area contributed by atoms with Crippen molar-refractivity contribution in [1.82, 2.24) is 9.55 Å². The number of hydrogen-bond donors (Lipinski definition) is 1. The van der Waals surface area contributed by atoms with Gasteiger partial charge in [0.05, 0.1) is 11.3 Å². The van der Waals surface area contributed by atoms with Crippen LogP contribution in [-0.2, 0) is 6.42 Å². The Labute approximate surface area is 141 Å². The summed E-state index contributed by atoms with van der Waals surface area (Å²) in [6, 6.07) is 9.49. The molecule has 1 heterocycles. The molecule has 0 fully saturated rings. The molecule has 0 aliphatic heterocycles. The van der Waals surface area contributed by atoms with E-state index in [0.29, 0.717) is 17.1 Å². The Morgan fingerprint density at radius 3 is 2.52 bits per heavy atom. The summed E-state index contributed by atoms with van der Waals surface area (Å²) in [5, 5.41) is 10.6. The van der Waals surface area contributed by atoms with Crippen LogP contribution >= 0.6 is 11.8 Å². The molecule has 4 nitrogen and oxygen atoms in total. The summed E-state index contributed by atoms with van der Waals surface area (Å²) < 4.78 is 1.61. The summed E-state index contributed by atoms with van der Waals surface area (Å²) in [7, 11) is 0. The highest BCUT2D eigenvalue weighted by molar-refractivity contribution is 7.99. The molecule has 0 saturated heterocycles. The van der Waals surface area contributed by atoms with Gasteiger partial charge in [-0.05, 0) is 25.0 Å². The van der Waals surface area contributed by atoms with E-state index in [2.05, 4.69) is 11.9 Å². The second kappa shape index (κ2) is 8.77. The molecule has 0 spiro atoms. The summed E-state index contributed by atoms with van der Waals surface area (Å²) in [4.78, 5) is 17.0. The van der Waals surface area contributed by atoms with Gasteiger partial charge in [-0.25, -0.2) is 0 Å². The predicted molar refractivity (Wildman–Crippen MR) is 95.7 cm³/mol. The highest BCUT2D eigenvalue weighted by atomic mass is 32.2. The number of rotatable bonds is 8. The number of unbranched alkanes of at least 4 members (excludes halogenated alkanes) is 3. The summed E-state index contributed by atoms with van der Waals surface area (Å²) in [6.07, 6.45) is 5.15. The van der Waals surface area contributed by atoms with Crippen LogP contribution in [0.3, 0.4) is 0 Å². The zero-order chi connectivity index (χ0) is 16.7. The molecule has 0 aliphatic rings. The average Bonchev–Trinajstić information content (AvgIpc) is 2.55. The summed E-state index contributed by atoms with van der Waals surface area (Å²) >= 11 is 1.53. The van der Waals surface area contributed by atoms with Crippen molar-refractivity contribution in [3.63, 3.8) is 0 Å². The van der Waals surface area contributed by atoms with Gasteiger partial charge in [0.15, 0.2) is 5.16 Å². The Bertz CT molecular complexity index is 683. The van der Waals surface area contributed by atoms with Gasteiger partial charge >= 0.3 is 0 Å². The molecule has 0 amide bonds. The SMILES string of the molecule is CCCCCCSc1nc(O)c(CC)c(=O)n1-c1ccccc1. The lowest BCUT2D eigenvalue weighted by Gasteiger charge is -2.14. The van der Waals surface area contributed by atoms with Gasteiger partial charge in [0.25, 0.3) is 5.56 Å². The monoisotopic (exact) mass is 332 g/mol. The Hall–Kier alpha value is -1.75. The lowest BCUT2D eigenvalue weighted by molar-refractivity contribution is 0.432. The van der Waals surface area contributed by atoms with Gasteiger partial charge in [-0.3, -0.25) is 9.36 Å². The van der Waals surface area contributed by atoms with E-state index in [0.717, 1.165) is 17.9 Å². The molecule has 0 radical (unpaired) electrons. The Morgan fingerprint density at radius 2 is 1.87 bits per heavy atom. The van der Waals surface area contributed by atoms with Crippen LogP contribution in [0.5, 0.6) is 5.88 Å². The molecule has 1 aromatic carbocycles. The molecule has 0 atom stereocenters. The average molecular weight is 332 g/mol. The normalized spacial score (nSPS) is 10.9. The standard InChI is InChI=1S/C18H24N2O2S/c1-3-5-6-10-13-23-18-19-16(21)15(4-2)17(22)20(18)14-11-8-7-9-12-14/h7-9,11-12,21H,3-6,10,13H2,1-2H3. The van der Waals surface area contributed by atoms with Crippen LogP contribution in [0.1, 0.15) is 45.1 Å². The number of para-hydroxylation sites is 1. The lowest BCUT2D eigenvalue weighted by Crippen LogP contribution is -2.25. The van der Waals surface area contributed by atoms with Gasteiger partial charge in [0.1, 0.15) is 0 Å². The van der Waals surface area contributed by atoms with Crippen molar-refractivity contribution in [3.8, 4) is 11.6 Å². The van der Waals surface area contributed by atoms with Gasteiger partial charge in [0, 0.05) is 5.75 Å². The minimum Gasteiger partial charge on any atom is -0.493 e. The van der Waals surface area contributed by atoms with E-state index in [9.17, 15) is 9.90 Å². The van der Waals surface area contributed by atoms with Crippen LogP contribution in [0.25, 0.3) is 5.69 Å². The Morgan fingerprint density at radius 1 is 1.13 bits per heavy atom. The smallest absolute Gasteiger partial charge is 0.265 e. The molecule has 5 heteroatoms. The van der Waals surface area contributed by atoms with Crippen molar-refractivity contribution in [2.45, 2.75) is 51.1 Å². The molecule has 124 valence electrons. The van der Waals surface area contributed by atoms with Crippen LogP contribution in [0, 0.1) is 0 Å². The lowest BCUT2D eigenvalue weighted by atomic mass is 10.2. The molecule has 23 heavy (non-hydrogen) atoms. The first kappa shape index (κ1) is 17.6. The molecule has 0 saturated carbocycles. The maximum Gasteiger partial charge on any atom is 0.265 e. The zero-order valence-corrected chi connectivity index (χ0v) is 14.6. The van der Waals surface area contributed by atoms with Crippen molar-refractivity contribution in [3.05, 3.63) is 46.2 Å². The molecular formula is C18H24N2O2S. The van der Waals surface area contributed by atoms with Gasteiger partial charge in [-0.2, -0.15) is 4.98 Å². The van der Waals surface area contributed by atoms with E-state index in [1.165, 1.54) is 31.0 Å². The maximum atomic E-state index is 12.7. The van der Waals surface area contributed by atoms with Crippen LogP contribution in [-0.4, -0.2) is 20.4 Å². The third kappa shape index (κ3) is 4.38. The fourth-order valence-corrected chi connectivity index (χ4v) is 3.43. The van der Waals surface area contributed by atoms with Crippen molar-refractivity contribution in [1.29, 1.82) is 0 Å². The first-order valence-electron chi connectivity index (χ1n) is 8.22. The topological polar surface area (TPSA) is 55.1 Å². The highest BCUT2D eigenvalue weighted by Gasteiger charge is 2.16. The number of aromatic hydroxyl groups is 1. The summed E-state index contributed by atoms with van der Waals surface area (Å²) in [5.74, 6) is 0.755. The van der Waals surface area contributed by atoms with Gasteiger partial charge in [0.2, 0.25) is 5.88 Å². The fourth-order valence-electron chi connectivity index (χ4n) is 2.43. The number of thioether (sulfide) groups is 1. The number of aromatic nitrogens is 2. The second-order valence-electron chi connectivity index (χ2n) is 5.44. The number of benzene rings is 1. The molecule has 2 rings (SSSR count). The maximum absolute atomic E-state index is 12.7. The van der Waals surface area contributed by atoms with E-state index in [1.54, 1.807) is 4.57 Å². The van der Waals surface area contributed by atoms with E-state index in [4.69, 9.17) is 0 Å². The van der Waals surface area contributed by atoms with Gasteiger partial charge in [-0.1, -0.05) is 63.1 Å². The molecule has 0 aliphatic carbocycles. The number of nitrogens with zero attached hydrogens (tertiary/aromatic N) is 2. The molecule has 0 bridgehead atoms. The van der Waals surface area contributed by atoms with E-state index in [1.807, 2.05) is 37.3 Å².